The average Bonchev–Trinajstić information content (AvgIpc) is 2.33. The molecule has 8 heteroatoms. The molecular weight excluding hydrogens is 228 g/mol. The number of carbonyl (C=O) groups excluding carboxylic acids is 1. The molecule has 0 fully saturated rings. The van der Waals surface area contributed by atoms with Gasteiger partial charge in [0.05, 0.1) is 6.54 Å². The summed E-state index contributed by atoms with van der Waals surface area (Å²) in [5, 5.41) is 10.8. The molecule has 0 saturated carbocycles. The summed E-state index contributed by atoms with van der Waals surface area (Å²) >= 11 is 0. The summed E-state index contributed by atoms with van der Waals surface area (Å²) in [5.41, 5.74) is -0.338. The van der Waals surface area contributed by atoms with E-state index < -0.39 is 12.3 Å². The number of amides is 2. The summed E-state index contributed by atoms with van der Waals surface area (Å²) in [5.74, 6) is 0.244. The van der Waals surface area contributed by atoms with E-state index in [2.05, 4.69) is 20.8 Å². The van der Waals surface area contributed by atoms with Crippen LogP contribution in [-0.2, 0) is 9.47 Å². The van der Waals surface area contributed by atoms with Gasteiger partial charge in [-0.2, -0.15) is 5.10 Å². The molecule has 3 N–H and O–H groups in total. The van der Waals surface area contributed by atoms with Crippen LogP contribution in [0.15, 0.2) is 16.9 Å². The molecule has 1 heterocycles. The van der Waals surface area contributed by atoms with Crippen LogP contribution in [-0.4, -0.2) is 43.3 Å². The van der Waals surface area contributed by atoms with Crippen LogP contribution < -0.4 is 16.2 Å². The minimum absolute atomic E-state index is 0.197. The molecule has 2 amide bonds. The molecule has 0 unspecified atom stereocenters. The second-order valence-electron chi connectivity index (χ2n) is 3.04. The van der Waals surface area contributed by atoms with Gasteiger partial charge >= 0.3 is 6.03 Å². The van der Waals surface area contributed by atoms with Gasteiger partial charge in [-0.3, -0.25) is 10.1 Å². The Morgan fingerprint density at radius 2 is 2.18 bits per heavy atom. The van der Waals surface area contributed by atoms with E-state index in [1.54, 1.807) is 0 Å². The number of aromatic amines is 1. The Kier molecular flexibility index (Phi) is 5.11. The molecule has 17 heavy (non-hydrogen) atoms. The number of rotatable bonds is 5. The minimum atomic E-state index is -0.510. The number of hydrogen-bond acceptors (Lipinski definition) is 5. The Bertz CT molecular complexity index is 395. The highest BCUT2D eigenvalue weighted by Gasteiger charge is 2.08. The van der Waals surface area contributed by atoms with E-state index in [9.17, 15) is 9.59 Å². The van der Waals surface area contributed by atoms with Crippen LogP contribution in [0.4, 0.5) is 10.6 Å². The van der Waals surface area contributed by atoms with Crippen LogP contribution in [0.2, 0.25) is 0 Å². The van der Waals surface area contributed by atoms with E-state index in [0.29, 0.717) is 0 Å². The van der Waals surface area contributed by atoms with Crippen molar-refractivity contribution in [3.05, 3.63) is 22.5 Å². The van der Waals surface area contributed by atoms with E-state index in [0.717, 1.165) is 0 Å². The topological polar surface area (TPSA) is 105 Å². The number of anilines is 1. The van der Waals surface area contributed by atoms with E-state index in [-0.39, 0.29) is 17.9 Å². The van der Waals surface area contributed by atoms with Crippen molar-refractivity contribution >= 4 is 11.8 Å². The first kappa shape index (κ1) is 13.1. The zero-order valence-electron chi connectivity index (χ0n) is 9.52. The predicted octanol–water partition coefficient (Wildman–Crippen LogP) is -0.490. The van der Waals surface area contributed by atoms with Crippen molar-refractivity contribution < 1.29 is 14.3 Å². The highest BCUT2D eigenvalue weighted by Crippen LogP contribution is 1.95. The molecule has 8 nitrogen and oxygen atoms in total. The third kappa shape index (κ3) is 4.62. The monoisotopic (exact) mass is 242 g/mol. The molecule has 0 spiro atoms. The second-order valence-corrected chi connectivity index (χ2v) is 3.04. The molecule has 1 aromatic rings. The third-order valence-corrected chi connectivity index (χ3v) is 1.88. The van der Waals surface area contributed by atoms with Crippen LogP contribution in [0.3, 0.4) is 0 Å². The lowest BCUT2D eigenvalue weighted by Crippen LogP contribution is -2.37. The number of ether oxygens (including phenoxy) is 2. The van der Waals surface area contributed by atoms with Gasteiger partial charge in [-0.15, -0.1) is 0 Å². The zero-order valence-corrected chi connectivity index (χ0v) is 9.52. The second kappa shape index (κ2) is 6.61. The quantitative estimate of drug-likeness (QED) is 0.604. The van der Waals surface area contributed by atoms with Gasteiger partial charge in [-0.1, -0.05) is 0 Å². The number of aromatic nitrogens is 2. The maximum atomic E-state index is 11.4. The van der Waals surface area contributed by atoms with E-state index in [4.69, 9.17) is 9.47 Å². The summed E-state index contributed by atoms with van der Waals surface area (Å²) in [7, 11) is 2.94. The van der Waals surface area contributed by atoms with Gasteiger partial charge in [0, 0.05) is 20.3 Å². The highest BCUT2D eigenvalue weighted by molar-refractivity contribution is 5.87. The summed E-state index contributed by atoms with van der Waals surface area (Å²) in [6, 6.07) is 2.18. The fourth-order valence-electron chi connectivity index (χ4n) is 1.01. The molecule has 1 rings (SSSR count). The lowest BCUT2D eigenvalue weighted by Gasteiger charge is -2.14. The summed E-state index contributed by atoms with van der Waals surface area (Å²) in [6.07, 6.45) is -0.510. The molecule has 1 aromatic heterocycles. The molecule has 0 aliphatic rings. The lowest BCUT2D eigenvalue weighted by molar-refractivity contribution is -0.0970. The average molecular weight is 242 g/mol. The molecule has 0 saturated heterocycles. The van der Waals surface area contributed by atoms with Crippen LogP contribution in [0.5, 0.6) is 0 Å². The minimum Gasteiger partial charge on any atom is -0.354 e. The first-order valence-corrected chi connectivity index (χ1v) is 4.82. The standard InChI is InChI=1S/C9H14N4O4/c1-16-8(17-2)5-10-9(15)11-6-3-4-7(14)13-12-6/h3-4,8H,5H2,1-2H3,(H,13,14)(H2,10,11,12,15). The van der Waals surface area contributed by atoms with Crippen LogP contribution in [0, 0.1) is 0 Å². The maximum absolute atomic E-state index is 11.4. The first-order chi connectivity index (χ1) is 8.15. The number of carbonyl (C=O) groups is 1. The Labute approximate surface area is 97.3 Å². The van der Waals surface area contributed by atoms with Crippen molar-refractivity contribution in [2.24, 2.45) is 0 Å². The molecule has 0 aliphatic heterocycles. The molecule has 0 bridgehead atoms. The largest absolute Gasteiger partial charge is 0.354 e. The van der Waals surface area contributed by atoms with Gasteiger partial charge in [0.15, 0.2) is 12.1 Å². The Morgan fingerprint density at radius 3 is 2.71 bits per heavy atom. The van der Waals surface area contributed by atoms with Crippen molar-refractivity contribution in [2.75, 3.05) is 26.1 Å². The van der Waals surface area contributed by atoms with Crippen molar-refractivity contribution in [2.45, 2.75) is 6.29 Å². The fourth-order valence-corrected chi connectivity index (χ4v) is 1.01. The molecular formula is C9H14N4O4. The highest BCUT2D eigenvalue weighted by atomic mass is 16.7. The molecule has 0 aromatic carbocycles. The van der Waals surface area contributed by atoms with E-state index in [1.807, 2.05) is 0 Å². The van der Waals surface area contributed by atoms with Crippen molar-refractivity contribution in [1.82, 2.24) is 15.5 Å². The van der Waals surface area contributed by atoms with Crippen molar-refractivity contribution in [1.29, 1.82) is 0 Å². The van der Waals surface area contributed by atoms with Crippen LogP contribution >= 0.6 is 0 Å². The Balaban J connectivity index is 2.39. The summed E-state index contributed by atoms with van der Waals surface area (Å²) < 4.78 is 9.78. The van der Waals surface area contributed by atoms with Crippen LogP contribution in [0.1, 0.15) is 0 Å². The van der Waals surface area contributed by atoms with Gasteiger partial charge in [0.25, 0.3) is 5.56 Å². The van der Waals surface area contributed by atoms with Gasteiger partial charge in [-0.05, 0) is 6.07 Å². The molecule has 94 valence electrons. The predicted molar refractivity (Wildman–Crippen MR) is 59.7 cm³/mol. The number of hydrogen-bond donors (Lipinski definition) is 3. The molecule has 0 aliphatic carbocycles. The Morgan fingerprint density at radius 1 is 1.47 bits per heavy atom. The smallest absolute Gasteiger partial charge is 0.320 e. The van der Waals surface area contributed by atoms with Gasteiger partial charge in [0.2, 0.25) is 0 Å². The summed E-state index contributed by atoms with van der Waals surface area (Å²) in [6.45, 7) is 0.197. The normalized spacial score (nSPS) is 10.3. The first-order valence-electron chi connectivity index (χ1n) is 4.82. The number of H-pyrrole nitrogens is 1. The fraction of sp³-hybridized carbons (Fsp3) is 0.444. The van der Waals surface area contributed by atoms with Gasteiger partial charge in [0.1, 0.15) is 0 Å². The number of urea groups is 1. The number of nitrogens with zero attached hydrogens (tertiary/aromatic N) is 1. The van der Waals surface area contributed by atoms with E-state index in [1.165, 1.54) is 26.4 Å². The zero-order chi connectivity index (χ0) is 12.7. The lowest BCUT2D eigenvalue weighted by atomic mass is 10.5. The van der Waals surface area contributed by atoms with Crippen molar-refractivity contribution in [3.63, 3.8) is 0 Å². The molecule has 0 atom stereocenters. The molecule has 0 radical (unpaired) electrons. The Hall–Kier alpha value is -1.93. The van der Waals surface area contributed by atoms with Crippen LogP contribution in [0.25, 0.3) is 0 Å². The van der Waals surface area contributed by atoms with Gasteiger partial charge in [-0.25, -0.2) is 9.89 Å². The van der Waals surface area contributed by atoms with Crippen molar-refractivity contribution in [3.8, 4) is 0 Å². The summed E-state index contributed by atoms with van der Waals surface area (Å²) in [4.78, 5) is 22.1. The van der Waals surface area contributed by atoms with Gasteiger partial charge < -0.3 is 14.8 Å². The third-order valence-electron chi connectivity index (χ3n) is 1.88. The van der Waals surface area contributed by atoms with E-state index >= 15 is 0 Å². The maximum Gasteiger partial charge on any atom is 0.320 e. The number of methoxy groups -OCH3 is 2. The SMILES string of the molecule is COC(CNC(=O)Nc1ccc(=O)[nH]n1)OC. The number of nitrogens with one attached hydrogen (secondary N) is 3.